The summed E-state index contributed by atoms with van der Waals surface area (Å²) in [6.45, 7) is -0.365. The molecule has 0 radical (unpaired) electrons. The number of rotatable bonds is 3. The number of benzene rings is 2. The van der Waals surface area contributed by atoms with Crippen molar-refractivity contribution < 1.29 is 27.4 Å². The van der Waals surface area contributed by atoms with E-state index in [1.165, 1.54) is 24.3 Å². The molecule has 0 bridgehead atoms. The molecular formula is C14H10F4O2. The van der Waals surface area contributed by atoms with Crippen LogP contribution in [0.3, 0.4) is 0 Å². The highest BCUT2D eigenvalue weighted by atomic mass is 19.4. The first kappa shape index (κ1) is 14.3. The third-order valence-electron chi connectivity index (χ3n) is 2.59. The summed E-state index contributed by atoms with van der Waals surface area (Å²) in [5.74, 6) is -1.65. The Morgan fingerprint density at radius 1 is 1.00 bits per heavy atom. The van der Waals surface area contributed by atoms with Crippen molar-refractivity contribution >= 4 is 0 Å². The maximum atomic E-state index is 13.6. The maximum absolute atomic E-state index is 13.6. The number of hydrogen-bond acceptors (Lipinski definition) is 2. The van der Waals surface area contributed by atoms with Gasteiger partial charge in [0.1, 0.15) is 5.75 Å². The molecule has 0 heterocycles. The molecule has 2 aromatic carbocycles. The molecule has 0 fully saturated rings. The van der Waals surface area contributed by atoms with Crippen molar-refractivity contribution in [3.8, 4) is 11.5 Å². The van der Waals surface area contributed by atoms with Gasteiger partial charge in [0.05, 0.1) is 12.2 Å². The molecule has 0 unspecified atom stereocenters. The molecule has 1 N–H and O–H groups in total. The van der Waals surface area contributed by atoms with Gasteiger partial charge in [-0.05, 0) is 29.8 Å². The van der Waals surface area contributed by atoms with Gasteiger partial charge in [-0.15, -0.1) is 0 Å². The van der Waals surface area contributed by atoms with Crippen molar-refractivity contribution in [1.82, 2.24) is 0 Å². The van der Waals surface area contributed by atoms with Crippen molar-refractivity contribution in [1.29, 1.82) is 0 Å². The average molecular weight is 286 g/mol. The van der Waals surface area contributed by atoms with E-state index in [4.69, 9.17) is 9.84 Å². The van der Waals surface area contributed by atoms with Crippen LogP contribution < -0.4 is 4.74 Å². The molecule has 20 heavy (non-hydrogen) atoms. The molecule has 0 amide bonds. The number of ether oxygens (including phenoxy) is 1. The molecule has 0 aliphatic heterocycles. The SMILES string of the molecule is OCc1ccc(Oc2ccccc2C(F)(F)F)c(F)c1. The minimum Gasteiger partial charge on any atom is -0.454 e. The van der Waals surface area contributed by atoms with E-state index in [1.54, 1.807) is 0 Å². The largest absolute Gasteiger partial charge is 0.454 e. The summed E-state index contributed by atoms with van der Waals surface area (Å²) in [6, 6.07) is 8.11. The zero-order valence-corrected chi connectivity index (χ0v) is 10.1. The molecule has 0 aliphatic carbocycles. The Balaban J connectivity index is 2.36. The Morgan fingerprint density at radius 2 is 1.70 bits per heavy atom. The topological polar surface area (TPSA) is 29.5 Å². The van der Waals surface area contributed by atoms with Crippen molar-refractivity contribution in [2.45, 2.75) is 12.8 Å². The Hall–Kier alpha value is -2.08. The summed E-state index contributed by atoms with van der Waals surface area (Å²) in [5, 5.41) is 8.84. The van der Waals surface area contributed by atoms with Crippen LogP contribution in [0.1, 0.15) is 11.1 Å². The van der Waals surface area contributed by atoms with Crippen molar-refractivity contribution in [3.05, 3.63) is 59.4 Å². The van der Waals surface area contributed by atoms with Gasteiger partial charge in [0.15, 0.2) is 11.6 Å². The number of hydrogen-bond donors (Lipinski definition) is 1. The van der Waals surface area contributed by atoms with Crippen LogP contribution in [0.5, 0.6) is 11.5 Å². The minimum atomic E-state index is -4.59. The minimum absolute atomic E-state index is 0.305. The number of aliphatic hydroxyl groups excluding tert-OH is 1. The van der Waals surface area contributed by atoms with Gasteiger partial charge in [0, 0.05) is 0 Å². The highest BCUT2D eigenvalue weighted by Gasteiger charge is 2.34. The van der Waals surface area contributed by atoms with E-state index in [0.717, 1.165) is 18.2 Å². The maximum Gasteiger partial charge on any atom is 0.419 e. The summed E-state index contributed by atoms with van der Waals surface area (Å²) in [4.78, 5) is 0. The van der Waals surface area contributed by atoms with E-state index in [9.17, 15) is 17.6 Å². The average Bonchev–Trinajstić information content (AvgIpc) is 2.40. The van der Waals surface area contributed by atoms with Crippen LogP contribution in [-0.2, 0) is 12.8 Å². The number of halogens is 4. The molecule has 6 heteroatoms. The molecule has 0 atom stereocenters. The van der Waals surface area contributed by atoms with Gasteiger partial charge in [0.25, 0.3) is 0 Å². The molecule has 0 aliphatic rings. The Bertz CT molecular complexity index is 608. The van der Waals surface area contributed by atoms with E-state index in [2.05, 4.69) is 0 Å². The lowest BCUT2D eigenvalue weighted by Gasteiger charge is -2.14. The first-order valence-electron chi connectivity index (χ1n) is 5.65. The lowest BCUT2D eigenvalue weighted by atomic mass is 10.2. The lowest BCUT2D eigenvalue weighted by Crippen LogP contribution is -2.07. The van der Waals surface area contributed by atoms with Crippen LogP contribution in [0.4, 0.5) is 17.6 Å². The Labute approximate surface area is 112 Å². The third kappa shape index (κ3) is 3.08. The van der Waals surface area contributed by atoms with Crippen LogP contribution in [0, 0.1) is 5.82 Å². The van der Waals surface area contributed by atoms with Crippen LogP contribution >= 0.6 is 0 Å². The number of aliphatic hydroxyl groups is 1. The van der Waals surface area contributed by atoms with Gasteiger partial charge >= 0.3 is 6.18 Å². The summed E-state index contributed by atoms with van der Waals surface area (Å²) >= 11 is 0. The fourth-order valence-corrected chi connectivity index (χ4v) is 1.63. The van der Waals surface area contributed by atoms with E-state index in [-0.39, 0.29) is 12.4 Å². The van der Waals surface area contributed by atoms with Crippen LogP contribution in [0.15, 0.2) is 42.5 Å². The van der Waals surface area contributed by atoms with E-state index >= 15 is 0 Å². The van der Waals surface area contributed by atoms with Crippen LogP contribution in [0.2, 0.25) is 0 Å². The van der Waals surface area contributed by atoms with Crippen molar-refractivity contribution in [2.24, 2.45) is 0 Å². The van der Waals surface area contributed by atoms with Crippen molar-refractivity contribution in [2.75, 3.05) is 0 Å². The van der Waals surface area contributed by atoms with Crippen LogP contribution in [0.25, 0.3) is 0 Å². The monoisotopic (exact) mass is 286 g/mol. The normalized spacial score (nSPS) is 11.4. The van der Waals surface area contributed by atoms with Crippen molar-refractivity contribution in [3.63, 3.8) is 0 Å². The van der Waals surface area contributed by atoms with Gasteiger partial charge in [-0.1, -0.05) is 18.2 Å². The summed E-state index contributed by atoms with van der Waals surface area (Å²) in [7, 11) is 0. The smallest absolute Gasteiger partial charge is 0.419 e. The molecule has 0 spiro atoms. The van der Waals surface area contributed by atoms with Gasteiger partial charge in [-0.3, -0.25) is 0 Å². The molecule has 2 aromatic rings. The standard InChI is InChI=1S/C14H10F4O2/c15-11-7-9(8-19)5-6-13(11)20-12-4-2-1-3-10(12)14(16,17)18/h1-7,19H,8H2. The third-order valence-corrected chi connectivity index (χ3v) is 2.59. The predicted octanol–water partition coefficient (Wildman–Crippen LogP) is 4.13. The zero-order chi connectivity index (χ0) is 14.8. The molecule has 0 aromatic heterocycles. The second-order valence-electron chi connectivity index (χ2n) is 4.02. The predicted molar refractivity (Wildman–Crippen MR) is 63.8 cm³/mol. The molecule has 0 saturated heterocycles. The number of para-hydroxylation sites is 1. The summed E-state index contributed by atoms with van der Waals surface area (Å²) in [6.07, 6.45) is -4.59. The first-order chi connectivity index (χ1) is 9.41. The number of alkyl halides is 3. The molecule has 106 valence electrons. The quantitative estimate of drug-likeness (QED) is 0.860. The van der Waals surface area contributed by atoms with E-state index in [1.807, 2.05) is 0 Å². The highest BCUT2D eigenvalue weighted by molar-refractivity contribution is 5.40. The van der Waals surface area contributed by atoms with E-state index in [0.29, 0.717) is 5.56 Å². The van der Waals surface area contributed by atoms with Crippen LogP contribution in [-0.4, -0.2) is 5.11 Å². The second kappa shape index (κ2) is 5.50. The first-order valence-corrected chi connectivity index (χ1v) is 5.65. The summed E-state index contributed by atoms with van der Waals surface area (Å²) < 4.78 is 56.9. The second-order valence-corrected chi connectivity index (χ2v) is 4.02. The summed E-state index contributed by atoms with van der Waals surface area (Å²) in [5.41, 5.74) is -0.676. The van der Waals surface area contributed by atoms with Gasteiger partial charge in [0.2, 0.25) is 0 Å². The molecule has 2 nitrogen and oxygen atoms in total. The van der Waals surface area contributed by atoms with E-state index < -0.39 is 23.3 Å². The van der Waals surface area contributed by atoms with Gasteiger partial charge in [-0.25, -0.2) is 4.39 Å². The van der Waals surface area contributed by atoms with Gasteiger partial charge < -0.3 is 9.84 Å². The molecule has 0 saturated carbocycles. The van der Waals surface area contributed by atoms with Gasteiger partial charge in [-0.2, -0.15) is 13.2 Å². The fourth-order valence-electron chi connectivity index (χ4n) is 1.63. The Kier molecular flexibility index (Phi) is 3.94. The highest BCUT2D eigenvalue weighted by Crippen LogP contribution is 2.38. The fraction of sp³-hybridized carbons (Fsp3) is 0.143. The molecular weight excluding hydrogens is 276 g/mol. The Morgan fingerprint density at radius 3 is 2.30 bits per heavy atom. The molecule has 2 rings (SSSR count). The lowest BCUT2D eigenvalue weighted by molar-refractivity contribution is -0.138. The zero-order valence-electron chi connectivity index (χ0n) is 10.1.